The van der Waals surface area contributed by atoms with Gasteiger partial charge in [-0.3, -0.25) is 9.59 Å². The molecule has 0 amide bonds. The maximum Gasteiger partial charge on any atom is 0.313 e. The maximum absolute atomic E-state index is 10.4. The Kier molecular flexibility index (Phi) is 11.5. The highest BCUT2D eigenvalue weighted by molar-refractivity contribution is 5.94. The maximum atomic E-state index is 10.4. The molecule has 0 aromatic carbocycles. The van der Waals surface area contributed by atoms with Crippen LogP contribution in [-0.2, 0) is 14.3 Å². The van der Waals surface area contributed by atoms with Crippen molar-refractivity contribution in [3.05, 3.63) is 0 Å². The fraction of sp³-hybridized carbons (Fsp3) is 0.750. The molecule has 0 atom stereocenters. The second kappa shape index (κ2) is 10.1. The molecule has 4 heteroatoms. The zero-order chi connectivity index (χ0) is 9.98. The summed E-state index contributed by atoms with van der Waals surface area (Å²) in [6.45, 7) is 6.06. The second-order valence-electron chi connectivity index (χ2n) is 2.09. The highest BCUT2D eigenvalue weighted by atomic mass is 16.5. The van der Waals surface area contributed by atoms with Gasteiger partial charge in [-0.05, 0) is 20.4 Å². The van der Waals surface area contributed by atoms with Crippen LogP contribution in [0.3, 0.4) is 0 Å². The standard InChI is InChI=1S/C6H10O3.C2H7N/c1-3-9-6(8)4-5(2)7;1-2-3/h3-4H2,1-2H3;2-3H2,1H3. The third-order valence-corrected chi connectivity index (χ3v) is 0.699. The number of ketones is 1. The normalized spacial score (nSPS) is 8.00. The minimum atomic E-state index is -0.440. The number of hydrogen-bond donors (Lipinski definition) is 1. The fourth-order valence-electron chi connectivity index (χ4n) is 0.415. The first kappa shape index (κ1) is 13.7. The van der Waals surface area contributed by atoms with Gasteiger partial charge in [0.05, 0.1) is 6.61 Å². The summed E-state index contributed by atoms with van der Waals surface area (Å²) in [6, 6.07) is 0. The highest BCUT2D eigenvalue weighted by Crippen LogP contribution is 1.86. The Bertz CT molecular complexity index is 134. The van der Waals surface area contributed by atoms with Gasteiger partial charge >= 0.3 is 5.97 Å². The SMILES string of the molecule is CCN.CCOC(=O)CC(C)=O. The number of esters is 1. The predicted octanol–water partition coefficient (Wildman–Crippen LogP) is 0.494. The molecule has 0 saturated carbocycles. The average molecular weight is 175 g/mol. The summed E-state index contributed by atoms with van der Waals surface area (Å²) in [4.78, 5) is 20.6. The van der Waals surface area contributed by atoms with Gasteiger partial charge in [0.2, 0.25) is 0 Å². The number of rotatable bonds is 3. The molecule has 0 aromatic rings. The molecular formula is C8H17NO3. The van der Waals surface area contributed by atoms with Crippen molar-refractivity contribution in [3.63, 3.8) is 0 Å². The minimum absolute atomic E-state index is 0.103. The summed E-state index contributed by atoms with van der Waals surface area (Å²) < 4.78 is 4.49. The summed E-state index contributed by atoms with van der Waals surface area (Å²) in [5.74, 6) is -0.599. The second-order valence-corrected chi connectivity index (χ2v) is 2.09. The molecular weight excluding hydrogens is 158 g/mol. The molecule has 0 aromatic heterocycles. The first-order valence-electron chi connectivity index (χ1n) is 3.93. The largest absolute Gasteiger partial charge is 0.466 e. The van der Waals surface area contributed by atoms with Gasteiger partial charge in [-0.1, -0.05) is 6.92 Å². The van der Waals surface area contributed by atoms with Crippen molar-refractivity contribution in [2.75, 3.05) is 13.2 Å². The number of hydrogen-bond acceptors (Lipinski definition) is 4. The average Bonchev–Trinajstić information content (AvgIpc) is 1.87. The lowest BCUT2D eigenvalue weighted by Gasteiger charge is -1.96. The fourth-order valence-corrected chi connectivity index (χ4v) is 0.415. The van der Waals surface area contributed by atoms with Crippen molar-refractivity contribution in [2.24, 2.45) is 5.73 Å². The van der Waals surface area contributed by atoms with Crippen molar-refractivity contribution in [3.8, 4) is 0 Å². The molecule has 4 nitrogen and oxygen atoms in total. The van der Waals surface area contributed by atoms with Crippen LogP contribution in [0.15, 0.2) is 0 Å². The summed E-state index contributed by atoms with van der Waals surface area (Å²) in [7, 11) is 0. The summed E-state index contributed by atoms with van der Waals surface area (Å²) >= 11 is 0. The summed E-state index contributed by atoms with van der Waals surface area (Å²) in [5.41, 5.74) is 4.85. The zero-order valence-electron chi connectivity index (χ0n) is 7.92. The van der Waals surface area contributed by atoms with E-state index in [2.05, 4.69) is 4.74 Å². The lowest BCUT2D eigenvalue weighted by Crippen LogP contribution is -2.07. The summed E-state index contributed by atoms with van der Waals surface area (Å²) in [5, 5.41) is 0. The minimum Gasteiger partial charge on any atom is -0.466 e. The van der Waals surface area contributed by atoms with E-state index in [1.54, 1.807) is 6.92 Å². The van der Waals surface area contributed by atoms with Crippen LogP contribution in [0.1, 0.15) is 27.2 Å². The van der Waals surface area contributed by atoms with Crippen LogP contribution in [0.25, 0.3) is 0 Å². The van der Waals surface area contributed by atoms with Crippen LogP contribution in [0, 0.1) is 0 Å². The molecule has 2 N–H and O–H groups in total. The first-order valence-corrected chi connectivity index (χ1v) is 3.93. The Balaban J connectivity index is 0. The lowest BCUT2D eigenvalue weighted by atomic mass is 10.3. The number of nitrogens with two attached hydrogens (primary N) is 1. The smallest absolute Gasteiger partial charge is 0.313 e. The van der Waals surface area contributed by atoms with Crippen molar-refractivity contribution in [2.45, 2.75) is 27.2 Å². The first-order chi connectivity index (χ1) is 5.58. The summed E-state index contributed by atoms with van der Waals surface area (Å²) in [6.07, 6.45) is -0.103. The molecule has 0 aliphatic heterocycles. The van der Waals surface area contributed by atoms with Crippen molar-refractivity contribution in [1.29, 1.82) is 0 Å². The van der Waals surface area contributed by atoms with E-state index < -0.39 is 5.97 Å². The van der Waals surface area contributed by atoms with Gasteiger partial charge in [-0.25, -0.2) is 0 Å². The number of carbonyl (C=O) groups is 2. The van der Waals surface area contributed by atoms with Crippen molar-refractivity contribution >= 4 is 11.8 Å². The Morgan fingerprint density at radius 1 is 1.33 bits per heavy atom. The van der Waals surface area contributed by atoms with E-state index in [9.17, 15) is 9.59 Å². The quantitative estimate of drug-likeness (QED) is 0.500. The van der Waals surface area contributed by atoms with Gasteiger partial charge < -0.3 is 10.5 Å². The molecule has 0 heterocycles. The molecule has 0 aliphatic carbocycles. The molecule has 0 bridgehead atoms. The Morgan fingerprint density at radius 2 is 1.75 bits per heavy atom. The molecule has 0 rings (SSSR count). The monoisotopic (exact) mass is 175 g/mol. The Morgan fingerprint density at radius 3 is 2.00 bits per heavy atom. The van der Waals surface area contributed by atoms with E-state index in [0.29, 0.717) is 6.61 Å². The zero-order valence-corrected chi connectivity index (χ0v) is 7.92. The molecule has 0 spiro atoms. The molecule has 12 heavy (non-hydrogen) atoms. The van der Waals surface area contributed by atoms with Crippen LogP contribution in [0.5, 0.6) is 0 Å². The lowest BCUT2D eigenvalue weighted by molar-refractivity contribution is -0.145. The third kappa shape index (κ3) is 16.0. The molecule has 0 unspecified atom stereocenters. The molecule has 0 fully saturated rings. The number of carbonyl (C=O) groups excluding carboxylic acids is 2. The Hall–Kier alpha value is -0.900. The Labute approximate surface area is 73.1 Å². The van der Waals surface area contributed by atoms with E-state index in [4.69, 9.17) is 5.73 Å². The molecule has 72 valence electrons. The van der Waals surface area contributed by atoms with E-state index in [-0.39, 0.29) is 12.2 Å². The van der Waals surface area contributed by atoms with Gasteiger partial charge in [0.25, 0.3) is 0 Å². The van der Waals surface area contributed by atoms with Gasteiger partial charge in [0.15, 0.2) is 0 Å². The molecule has 0 radical (unpaired) electrons. The van der Waals surface area contributed by atoms with Gasteiger partial charge in [0, 0.05) is 0 Å². The van der Waals surface area contributed by atoms with E-state index in [1.165, 1.54) is 6.92 Å². The number of ether oxygens (including phenoxy) is 1. The van der Waals surface area contributed by atoms with Crippen LogP contribution < -0.4 is 5.73 Å². The van der Waals surface area contributed by atoms with Gasteiger partial charge in [-0.15, -0.1) is 0 Å². The highest BCUT2D eigenvalue weighted by Gasteiger charge is 2.03. The van der Waals surface area contributed by atoms with E-state index in [1.807, 2.05) is 6.92 Å². The molecule has 0 aliphatic rings. The van der Waals surface area contributed by atoms with Gasteiger partial charge in [-0.2, -0.15) is 0 Å². The van der Waals surface area contributed by atoms with Crippen molar-refractivity contribution in [1.82, 2.24) is 0 Å². The van der Waals surface area contributed by atoms with Crippen LogP contribution in [0.2, 0.25) is 0 Å². The third-order valence-electron chi connectivity index (χ3n) is 0.699. The van der Waals surface area contributed by atoms with E-state index >= 15 is 0 Å². The molecule has 0 saturated heterocycles. The van der Waals surface area contributed by atoms with Crippen molar-refractivity contribution < 1.29 is 14.3 Å². The van der Waals surface area contributed by atoms with Crippen LogP contribution in [0.4, 0.5) is 0 Å². The van der Waals surface area contributed by atoms with Crippen LogP contribution >= 0.6 is 0 Å². The predicted molar refractivity (Wildman–Crippen MR) is 46.7 cm³/mol. The topological polar surface area (TPSA) is 69.4 Å². The van der Waals surface area contributed by atoms with E-state index in [0.717, 1.165) is 6.54 Å². The van der Waals surface area contributed by atoms with Crippen LogP contribution in [-0.4, -0.2) is 24.9 Å². The number of Topliss-reactive ketones (excluding diaryl/α,β-unsaturated/α-hetero) is 1. The van der Waals surface area contributed by atoms with Gasteiger partial charge in [0.1, 0.15) is 12.2 Å².